The normalized spacial score (nSPS) is 20.5. The van der Waals surface area contributed by atoms with Crippen LogP contribution in [-0.2, 0) is 4.79 Å². The molecule has 0 aromatic heterocycles. The van der Waals surface area contributed by atoms with Gasteiger partial charge in [-0.15, -0.1) is 0 Å². The molecule has 1 aliphatic carbocycles. The summed E-state index contributed by atoms with van der Waals surface area (Å²) < 4.78 is 10.6. The SMILES string of the molecule is COc1ccc(OCCC(=O)N(C)CC2CC(O)C2)cc1. The van der Waals surface area contributed by atoms with Crippen molar-refractivity contribution < 1.29 is 19.4 Å². The minimum atomic E-state index is -0.170. The molecule has 21 heavy (non-hydrogen) atoms. The number of methoxy groups -OCH3 is 1. The van der Waals surface area contributed by atoms with Gasteiger partial charge >= 0.3 is 0 Å². The van der Waals surface area contributed by atoms with E-state index in [1.54, 1.807) is 19.1 Å². The van der Waals surface area contributed by atoms with Crippen LogP contribution in [0, 0.1) is 5.92 Å². The molecule has 0 unspecified atom stereocenters. The molecule has 0 spiro atoms. The average Bonchev–Trinajstić information content (AvgIpc) is 2.46. The maximum absolute atomic E-state index is 12.0. The number of ether oxygens (including phenoxy) is 2. The Hall–Kier alpha value is -1.75. The van der Waals surface area contributed by atoms with E-state index in [4.69, 9.17) is 9.47 Å². The van der Waals surface area contributed by atoms with E-state index in [-0.39, 0.29) is 12.0 Å². The van der Waals surface area contributed by atoms with Crippen molar-refractivity contribution in [3.8, 4) is 11.5 Å². The molecule has 1 saturated carbocycles. The van der Waals surface area contributed by atoms with Crippen LogP contribution in [0.2, 0.25) is 0 Å². The topological polar surface area (TPSA) is 59.0 Å². The van der Waals surface area contributed by atoms with Gasteiger partial charge in [-0.3, -0.25) is 4.79 Å². The summed E-state index contributed by atoms with van der Waals surface area (Å²) >= 11 is 0. The lowest BCUT2D eigenvalue weighted by molar-refractivity contribution is -0.132. The van der Waals surface area contributed by atoms with Gasteiger partial charge in [-0.1, -0.05) is 0 Å². The van der Waals surface area contributed by atoms with E-state index >= 15 is 0 Å². The number of aliphatic hydroxyl groups is 1. The first kappa shape index (κ1) is 15.6. The molecule has 0 atom stereocenters. The lowest BCUT2D eigenvalue weighted by Crippen LogP contribution is -2.39. The number of rotatable bonds is 7. The molecule has 1 N–H and O–H groups in total. The van der Waals surface area contributed by atoms with Gasteiger partial charge in [0.15, 0.2) is 0 Å². The second kappa shape index (κ2) is 7.31. The van der Waals surface area contributed by atoms with E-state index < -0.39 is 0 Å². The number of benzene rings is 1. The zero-order valence-corrected chi connectivity index (χ0v) is 12.6. The molecule has 116 valence electrons. The molecule has 0 bridgehead atoms. The highest BCUT2D eigenvalue weighted by atomic mass is 16.5. The molecule has 1 amide bonds. The van der Waals surface area contributed by atoms with Crippen LogP contribution in [0.3, 0.4) is 0 Å². The summed E-state index contributed by atoms with van der Waals surface area (Å²) in [4.78, 5) is 13.7. The van der Waals surface area contributed by atoms with Gasteiger partial charge in [0, 0.05) is 13.6 Å². The summed E-state index contributed by atoms with van der Waals surface area (Å²) in [6, 6.07) is 7.29. The molecule has 1 aliphatic rings. The molecule has 5 heteroatoms. The predicted molar refractivity (Wildman–Crippen MR) is 79.5 cm³/mol. The van der Waals surface area contributed by atoms with Crippen LogP contribution in [0.5, 0.6) is 11.5 Å². The highest BCUT2D eigenvalue weighted by Gasteiger charge is 2.28. The fraction of sp³-hybridized carbons (Fsp3) is 0.562. The van der Waals surface area contributed by atoms with Crippen LogP contribution < -0.4 is 9.47 Å². The standard InChI is InChI=1S/C16H23NO4/c1-17(11-12-9-13(18)10-12)16(19)7-8-21-15-5-3-14(20-2)4-6-15/h3-6,12-13,18H,7-11H2,1-2H3. The third-order valence-corrected chi connectivity index (χ3v) is 3.81. The zero-order chi connectivity index (χ0) is 15.2. The molecule has 5 nitrogen and oxygen atoms in total. The molecule has 1 fully saturated rings. The van der Waals surface area contributed by atoms with Gasteiger partial charge < -0.3 is 19.5 Å². The van der Waals surface area contributed by atoms with Crippen LogP contribution in [0.25, 0.3) is 0 Å². The summed E-state index contributed by atoms with van der Waals surface area (Å²) in [5.41, 5.74) is 0. The molecular formula is C16H23NO4. The first-order chi connectivity index (χ1) is 10.1. The Morgan fingerprint density at radius 3 is 2.48 bits per heavy atom. The number of aliphatic hydroxyl groups excluding tert-OH is 1. The van der Waals surface area contributed by atoms with E-state index in [1.165, 1.54) is 0 Å². The molecule has 0 radical (unpaired) electrons. The summed E-state index contributed by atoms with van der Waals surface area (Å²) in [5, 5.41) is 9.24. The fourth-order valence-corrected chi connectivity index (χ4v) is 2.46. The van der Waals surface area contributed by atoms with Crippen molar-refractivity contribution in [1.29, 1.82) is 0 Å². The quantitative estimate of drug-likeness (QED) is 0.831. The van der Waals surface area contributed by atoms with E-state index in [9.17, 15) is 9.90 Å². The summed E-state index contributed by atoms with van der Waals surface area (Å²) in [6.45, 7) is 1.08. The van der Waals surface area contributed by atoms with Crippen LogP contribution in [0.1, 0.15) is 19.3 Å². The summed E-state index contributed by atoms with van der Waals surface area (Å²) in [7, 11) is 3.42. The summed E-state index contributed by atoms with van der Waals surface area (Å²) in [6.07, 6.45) is 1.80. The molecular weight excluding hydrogens is 270 g/mol. The average molecular weight is 293 g/mol. The van der Waals surface area contributed by atoms with Crippen molar-refractivity contribution in [3.05, 3.63) is 24.3 Å². The maximum Gasteiger partial charge on any atom is 0.225 e. The van der Waals surface area contributed by atoms with Gasteiger partial charge in [-0.05, 0) is 43.0 Å². The van der Waals surface area contributed by atoms with Crippen molar-refractivity contribution in [2.75, 3.05) is 27.3 Å². The predicted octanol–water partition coefficient (Wildman–Crippen LogP) is 1.69. The van der Waals surface area contributed by atoms with Crippen molar-refractivity contribution in [2.24, 2.45) is 5.92 Å². The molecule has 2 rings (SSSR count). The Bertz CT molecular complexity index is 454. The van der Waals surface area contributed by atoms with Crippen molar-refractivity contribution in [1.82, 2.24) is 4.90 Å². The van der Waals surface area contributed by atoms with Crippen molar-refractivity contribution in [2.45, 2.75) is 25.4 Å². The third-order valence-electron chi connectivity index (χ3n) is 3.81. The minimum absolute atomic E-state index is 0.0740. The van der Waals surface area contributed by atoms with Gasteiger partial charge in [-0.25, -0.2) is 0 Å². The Labute approximate surface area is 125 Å². The van der Waals surface area contributed by atoms with Crippen molar-refractivity contribution in [3.63, 3.8) is 0 Å². The number of amides is 1. The fourth-order valence-electron chi connectivity index (χ4n) is 2.46. The monoisotopic (exact) mass is 293 g/mol. The van der Waals surface area contributed by atoms with Gasteiger partial charge in [0.05, 0.1) is 26.2 Å². The van der Waals surface area contributed by atoms with Crippen LogP contribution in [0.15, 0.2) is 24.3 Å². The number of carbonyl (C=O) groups is 1. The first-order valence-corrected chi connectivity index (χ1v) is 7.27. The van der Waals surface area contributed by atoms with E-state index in [1.807, 2.05) is 24.3 Å². The lowest BCUT2D eigenvalue weighted by Gasteiger charge is -2.34. The lowest BCUT2D eigenvalue weighted by atomic mass is 9.82. The Kier molecular flexibility index (Phi) is 5.44. The Balaban J connectivity index is 1.65. The molecule has 1 aromatic rings. The number of nitrogens with zero attached hydrogens (tertiary/aromatic N) is 1. The number of hydrogen-bond donors (Lipinski definition) is 1. The smallest absolute Gasteiger partial charge is 0.225 e. The molecule has 1 aromatic carbocycles. The van der Waals surface area contributed by atoms with E-state index in [0.29, 0.717) is 18.9 Å². The van der Waals surface area contributed by atoms with E-state index in [2.05, 4.69) is 0 Å². The largest absolute Gasteiger partial charge is 0.497 e. The number of carbonyl (C=O) groups excluding carboxylic acids is 1. The third kappa shape index (κ3) is 4.63. The molecule has 0 heterocycles. The van der Waals surface area contributed by atoms with Crippen molar-refractivity contribution >= 4 is 5.91 Å². The summed E-state index contributed by atoms with van der Waals surface area (Å²) in [5.74, 6) is 2.02. The van der Waals surface area contributed by atoms with Crippen LogP contribution in [0.4, 0.5) is 0 Å². The van der Waals surface area contributed by atoms with E-state index in [0.717, 1.165) is 30.9 Å². The van der Waals surface area contributed by atoms with Gasteiger partial charge in [0.2, 0.25) is 5.91 Å². The Morgan fingerprint density at radius 1 is 1.29 bits per heavy atom. The minimum Gasteiger partial charge on any atom is -0.497 e. The van der Waals surface area contributed by atoms with Gasteiger partial charge in [-0.2, -0.15) is 0 Å². The Morgan fingerprint density at radius 2 is 1.90 bits per heavy atom. The first-order valence-electron chi connectivity index (χ1n) is 7.27. The molecule has 0 saturated heterocycles. The molecule has 0 aliphatic heterocycles. The van der Waals surface area contributed by atoms with Gasteiger partial charge in [0.25, 0.3) is 0 Å². The van der Waals surface area contributed by atoms with Crippen LogP contribution >= 0.6 is 0 Å². The highest BCUT2D eigenvalue weighted by Crippen LogP contribution is 2.27. The van der Waals surface area contributed by atoms with Crippen LogP contribution in [-0.4, -0.2) is 49.3 Å². The second-order valence-electron chi connectivity index (χ2n) is 5.54. The highest BCUT2D eigenvalue weighted by molar-refractivity contribution is 5.76. The maximum atomic E-state index is 12.0. The zero-order valence-electron chi connectivity index (χ0n) is 12.6. The second-order valence-corrected chi connectivity index (χ2v) is 5.54. The number of hydrogen-bond acceptors (Lipinski definition) is 4. The van der Waals surface area contributed by atoms with Gasteiger partial charge in [0.1, 0.15) is 11.5 Å².